The molecule has 1 amide bonds. The van der Waals surface area contributed by atoms with Crippen molar-refractivity contribution in [3.05, 3.63) is 51.7 Å². The van der Waals surface area contributed by atoms with Gasteiger partial charge >= 0.3 is 0 Å². The zero-order valence-electron chi connectivity index (χ0n) is 19.2. The van der Waals surface area contributed by atoms with Crippen molar-refractivity contribution < 1.29 is 4.79 Å². The van der Waals surface area contributed by atoms with Crippen molar-refractivity contribution in [3.63, 3.8) is 0 Å². The average Bonchev–Trinajstić information content (AvgIpc) is 3.24. The van der Waals surface area contributed by atoms with Crippen molar-refractivity contribution in [2.45, 2.75) is 33.7 Å². The second kappa shape index (κ2) is 10.0. The molecule has 0 bridgehead atoms. The maximum Gasteiger partial charge on any atom is 0.267 e. The molecule has 4 rings (SSSR count). The molecule has 3 heterocycles. The normalized spacial score (nSPS) is 14.5. The number of aryl methyl sites for hydroxylation is 2. The Hall–Kier alpha value is -2.75. The molecule has 1 fully saturated rings. The van der Waals surface area contributed by atoms with Crippen molar-refractivity contribution in [1.29, 1.82) is 0 Å². The topological polar surface area (TPSA) is 86.3 Å². The predicted molar refractivity (Wildman–Crippen MR) is 135 cm³/mol. The summed E-state index contributed by atoms with van der Waals surface area (Å²) < 4.78 is 0. The van der Waals surface area contributed by atoms with E-state index in [1.807, 2.05) is 32.0 Å². The van der Waals surface area contributed by atoms with E-state index in [9.17, 15) is 4.79 Å². The van der Waals surface area contributed by atoms with Gasteiger partial charge in [-0.2, -0.15) is 0 Å². The van der Waals surface area contributed by atoms with Crippen molar-refractivity contribution >= 4 is 51.3 Å². The van der Waals surface area contributed by atoms with Crippen LogP contribution in [0.15, 0.2) is 30.5 Å². The number of para-hydroxylation sites is 1. The molecule has 1 aliphatic heterocycles. The number of hydrogen-bond acceptors (Lipinski definition) is 8. The van der Waals surface area contributed by atoms with E-state index in [1.165, 1.54) is 11.3 Å². The Bertz CT molecular complexity index is 1120. The van der Waals surface area contributed by atoms with E-state index >= 15 is 0 Å². The first kappa shape index (κ1) is 23.4. The maximum absolute atomic E-state index is 12.7. The van der Waals surface area contributed by atoms with Crippen LogP contribution < -0.4 is 15.5 Å². The Morgan fingerprint density at radius 2 is 1.91 bits per heavy atom. The molecule has 2 N–H and O–H groups in total. The quantitative estimate of drug-likeness (QED) is 0.522. The molecule has 2 aromatic heterocycles. The maximum atomic E-state index is 12.7. The number of thiazole rings is 1. The molecule has 1 saturated heterocycles. The average molecular weight is 486 g/mol. The van der Waals surface area contributed by atoms with Gasteiger partial charge in [0.05, 0.1) is 16.9 Å². The third-order valence-electron chi connectivity index (χ3n) is 5.62. The van der Waals surface area contributed by atoms with Gasteiger partial charge in [0, 0.05) is 38.3 Å². The van der Waals surface area contributed by atoms with Crippen LogP contribution in [0.2, 0.25) is 5.02 Å². The molecule has 3 aromatic rings. The summed E-state index contributed by atoms with van der Waals surface area (Å²) in [6.07, 6.45) is 1.55. The predicted octanol–water partition coefficient (Wildman–Crippen LogP) is 4.73. The molecule has 0 aliphatic carbocycles. The Balaban J connectivity index is 1.44. The number of piperazine rings is 1. The number of hydrogen-bond donors (Lipinski definition) is 2. The highest BCUT2D eigenvalue weighted by Gasteiger charge is 2.21. The minimum atomic E-state index is -0.251. The van der Waals surface area contributed by atoms with E-state index in [4.69, 9.17) is 11.6 Å². The summed E-state index contributed by atoms with van der Waals surface area (Å²) in [6.45, 7) is 12.1. The molecule has 0 spiro atoms. The lowest BCUT2D eigenvalue weighted by Gasteiger charge is -2.37. The van der Waals surface area contributed by atoms with Crippen molar-refractivity contribution in [1.82, 2.24) is 19.9 Å². The number of amides is 1. The molecule has 8 nitrogen and oxygen atoms in total. The third kappa shape index (κ3) is 5.61. The van der Waals surface area contributed by atoms with Gasteiger partial charge in [-0.3, -0.25) is 9.69 Å². The summed E-state index contributed by atoms with van der Waals surface area (Å²) in [6, 6.07) is 7.99. The van der Waals surface area contributed by atoms with Gasteiger partial charge in [0.2, 0.25) is 0 Å². The number of rotatable bonds is 6. The van der Waals surface area contributed by atoms with Gasteiger partial charge in [0.15, 0.2) is 5.13 Å². The summed E-state index contributed by atoms with van der Waals surface area (Å²) in [7, 11) is 0. The van der Waals surface area contributed by atoms with E-state index in [2.05, 4.69) is 49.2 Å². The van der Waals surface area contributed by atoms with E-state index < -0.39 is 0 Å². The van der Waals surface area contributed by atoms with E-state index in [0.29, 0.717) is 38.4 Å². The van der Waals surface area contributed by atoms with Gasteiger partial charge in [-0.25, -0.2) is 15.0 Å². The Labute approximate surface area is 203 Å². The molecule has 0 unspecified atom stereocenters. The lowest BCUT2D eigenvalue weighted by Crippen LogP contribution is -2.49. The van der Waals surface area contributed by atoms with E-state index in [-0.39, 0.29) is 5.91 Å². The molecule has 0 saturated carbocycles. The fraction of sp³-hybridized carbons (Fsp3) is 0.391. The van der Waals surface area contributed by atoms with E-state index in [0.717, 1.165) is 37.6 Å². The van der Waals surface area contributed by atoms with Crippen LogP contribution in [-0.2, 0) is 0 Å². The molecule has 1 aliphatic rings. The molecule has 33 heavy (non-hydrogen) atoms. The van der Waals surface area contributed by atoms with Crippen LogP contribution in [0.5, 0.6) is 0 Å². The number of halogens is 1. The van der Waals surface area contributed by atoms with Crippen LogP contribution in [0.4, 0.5) is 22.5 Å². The second-order valence-corrected chi connectivity index (χ2v) is 9.75. The molecular formula is C23H28ClN7OS. The van der Waals surface area contributed by atoms with E-state index in [1.54, 1.807) is 12.3 Å². The van der Waals surface area contributed by atoms with Gasteiger partial charge in [0.1, 0.15) is 22.3 Å². The lowest BCUT2D eigenvalue weighted by molar-refractivity contribution is 0.103. The zero-order valence-corrected chi connectivity index (χ0v) is 20.8. The number of carbonyl (C=O) groups excluding carboxylic acids is 1. The minimum absolute atomic E-state index is 0.251. The Morgan fingerprint density at radius 3 is 2.61 bits per heavy atom. The molecule has 1 aromatic carbocycles. The molecular weight excluding hydrogens is 458 g/mol. The number of nitrogens with one attached hydrogen (secondary N) is 2. The monoisotopic (exact) mass is 485 g/mol. The highest BCUT2D eigenvalue weighted by Crippen LogP contribution is 2.28. The smallest absolute Gasteiger partial charge is 0.267 e. The first-order valence-electron chi connectivity index (χ1n) is 10.9. The number of anilines is 4. The van der Waals surface area contributed by atoms with Crippen molar-refractivity contribution in [2.24, 2.45) is 0 Å². The lowest BCUT2D eigenvalue weighted by atomic mass is 10.2. The summed E-state index contributed by atoms with van der Waals surface area (Å²) >= 11 is 7.49. The molecule has 0 radical (unpaired) electrons. The van der Waals surface area contributed by atoms with Gasteiger partial charge in [-0.05, 0) is 39.3 Å². The summed E-state index contributed by atoms with van der Waals surface area (Å²) in [5.41, 5.74) is 1.51. The highest BCUT2D eigenvalue weighted by molar-refractivity contribution is 7.17. The highest BCUT2D eigenvalue weighted by atomic mass is 35.5. The van der Waals surface area contributed by atoms with Crippen LogP contribution in [-0.4, -0.2) is 58.0 Å². The Morgan fingerprint density at radius 1 is 1.15 bits per heavy atom. The number of carbonyl (C=O) groups is 1. The second-order valence-electron chi connectivity index (χ2n) is 8.32. The Kier molecular flexibility index (Phi) is 7.11. The third-order valence-corrected chi connectivity index (χ3v) is 6.84. The number of nitrogens with zero attached hydrogens (tertiary/aromatic N) is 5. The van der Waals surface area contributed by atoms with Crippen molar-refractivity contribution in [2.75, 3.05) is 41.7 Å². The molecule has 10 heteroatoms. The summed E-state index contributed by atoms with van der Waals surface area (Å²) in [5.74, 6) is 1.99. The van der Waals surface area contributed by atoms with Crippen LogP contribution in [0.1, 0.15) is 34.9 Å². The van der Waals surface area contributed by atoms with Crippen molar-refractivity contribution in [3.8, 4) is 0 Å². The van der Waals surface area contributed by atoms with Crippen LogP contribution in [0, 0.1) is 13.8 Å². The first-order valence-corrected chi connectivity index (χ1v) is 12.1. The fourth-order valence-electron chi connectivity index (χ4n) is 3.76. The van der Waals surface area contributed by atoms with Gasteiger partial charge in [-0.1, -0.05) is 35.1 Å². The fourth-order valence-corrected chi connectivity index (χ4v) is 4.74. The van der Waals surface area contributed by atoms with Gasteiger partial charge in [-0.15, -0.1) is 0 Å². The minimum Gasteiger partial charge on any atom is -0.354 e. The van der Waals surface area contributed by atoms with Gasteiger partial charge in [0.25, 0.3) is 5.91 Å². The summed E-state index contributed by atoms with van der Waals surface area (Å²) in [4.78, 5) is 31.4. The molecule has 174 valence electrons. The van der Waals surface area contributed by atoms with Crippen LogP contribution in [0.3, 0.4) is 0 Å². The van der Waals surface area contributed by atoms with Crippen LogP contribution in [0.25, 0.3) is 0 Å². The molecule has 0 atom stereocenters. The number of benzene rings is 1. The van der Waals surface area contributed by atoms with Crippen LogP contribution >= 0.6 is 22.9 Å². The number of aromatic nitrogens is 3. The summed E-state index contributed by atoms with van der Waals surface area (Å²) in [5, 5.41) is 7.20. The standard InChI is InChI=1S/C23H28ClN7OS/c1-14(2)30-8-10-31(11-9-30)20-12-19(26-16(4)27-20)28-23-25-13-18(33-23)22(32)29-21-15(3)6-5-7-17(21)24/h5-7,12-14H,8-11H2,1-4H3,(H,29,32)(H,25,26,27,28). The zero-order chi connectivity index (χ0) is 23.5. The largest absolute Gasteiger partial charge is 0.354 e. The SMILES string of the molecule is Cc1nc(Nc2ncc(C(=O)Nc3c(C)cccc3Cl)s2)cc(N2CCN(C(C)C)CC2)n1. The van der Waals surface area contributed by atoms with Gasteiger partial charge < -0.3 is 15.5 Å². The first-order chi connectivity index (χ1) is 15.8.